The van der Waals surface area contributed by atoms with Crippen molar-refractivity contribution in [2.45, 2.75) is 64.7 Å². The van der Waals surface area contributed by atoms with Crippen LogP contribution in [0.1, 0.15) is 56.0 Å². The largest absolute Gasteiger partial charge is 0.357 e. The number of rotatable bonds is 8. The van der Waals surface area contributed by atoms with E-state index >= 15 is 0 Å². The highest BCUT2D eigenvalue weighted by atomic mass is 127. The van der Waals surface area contributed by atoms with E-state index in [0.717, 1.165) is 30.5 Å². The Hall–Kier alpha value is -2.20. The lowest BCUT2D eigenvalue weighted by molar-refractivity contribution is 0.184. The lowest BCUT2D eigenvalue weighted by Crippen LogP contribution is -2.37. The van der Waals surface area contributed by atoms with E-state index in [1.165, 1.54) is 43.2 Å². The number of hydrogen-bond acceptors (Lipinski definition) is 4. The van der Waals surface area contributed by atoms with Gasteiger partial charge in [0.25, 0.3) is 0 Å². The molecule has 1 saturated carbocycles. The van der Waals surface area contributed by atoms with E-state index in [0.29, 0.717) is 19.1 Å². The molecule has 0 spiro atoms. The maximum Gasteiger partial charge on any atom is 0.191 e. The first-order valence-electron chi connectivity index (χ1n) is 11.8. The van der Waals surface area contributed by atoms with E-state index in [1.807, 2.05) is 28.8 Å². The summed E-state index contributed by atoms with van der Waals surface area (Å²) in [5.74, 6) is 1.65. The third-order valence-electron chi connectivity index (χ3n) is 6.29. The van der Waals surface area contributed by atoms with Crippen molar-refractivity contribution in [3.63, 3.8) is 0 Å². The highest BCUT2D eigenvalue weighted by Crippen LogP contribution is 2.23. The van der Waals surface area contributed by atoms with Gasteiger partial charge in [0.1, 0.15) is 0 Å². The lowest BCUT2D eigenvalue weighted by atomic mass is 9.94. The van der Waals surface area contributed by atoms with Crippen molar-refractivity contribution in [1.82, 2.24) is 30.1 Å². The summed E-state index contributed by atoms with van der Waals surface area (Å²) in [6.07, 6.45) is 8.74. The fourth-order valence-corrected chi connectivity index (χ4v) is 4.47. The highest BCUT2D eigenvalue weighted by molar-refractivity contribution is 14.0. The number of hydrogen-bond donors (Lipinski definition) is 2. The first-order valence-corrected chi connectivity index (χ1v) is 11.8. The minimum atomic E-state index is 0. The minimum Gasteiger partial charge on any atom is -0.357 e. The van der Waals surface area contributed by atoms with Gasteiger partial charge in [-0.05, 0) is 50.1 Å². The molecule has 0 radical (unpaired) electrons. The van der Waals surface area contributed by atoms with Gasteiger partial charge in [0.2, 0.25) is 0 Å². The van der Waals surface area contributed by atoms with Gasteiger partial charge in [-0.1, -0.05) is 49.6 Å². The second kappa shape index (κ2) is 12.9. The van der Waals surface area contributed by atoms with Crippen LogP contribution in [0.25, 0.3) is 5.65 Å². The van der Waals surface area contributed by atoms with Crippen LogP contribution in [-0.4, -0.2) is 45.1 Å². The number of pyridine rings is 1. The molecule has 0 unspecified atom stereocenters. The summed E-state index contributed by atoms with van der Waals surface area (Å²) in [6, 6.07) is 15.3. The zero-order valence-electron chi connectivity index (χ0n) is 19.7. The smallest absolute Gasteiger partial charge is 0.191 e. The number of nitrogens with zero attached hydrogens (tertiary/aromatic N) is 5. The predicted octanol–water partition coefficient (Wildman–Crippen LogP) is 4.37. The quantitative estimate of drug-likeness (QED) is 0.243. The Kier molecular flexibility index (Phi) is 9.93. The van der Waals surface area contributed by atoms with Crippen molar-refractivity contribution in [2.75, 3.05) is 13.6 Å². The molecule has 0 atom stereocenters. The first-order chi connectivity index (χ1) is 15.7. The second-order valence-electron chi connectivity index (χ2n) is 8.57. The summed E-state index contributed by atoms with van der Waals surface area (Å²) in [5.41, 5.74) is 3.49. The molecule has 2 aromatic heterocycles. The van der Waals surface area contributed by atoms with Crippen LogP contribution in [0.15, 0.2) is 53.7 Å². The molecule has 1 aliphatic rings. The molecule has 0 aliphatic heterocycles. The first kappa shape index (κ1) is 25.4. The van der Waals surface area contributed by atoms with Crippen LogP contribution in [0.2, 0.25) is 0 Å². The molecule has 1 fully saturated rings. The molecule has 0 amide bonds. The van der Waals surface area contributed by atoms with Gasteiger partial charge in [-0.2, -0.15) is 0 Å². The number of aliphatic imine (C=N–C) groups is 1. The third-order valence-corrected chi connectivity index (χ3v) is 6.29. The number of guanidine groups is 1. The van der Waals surface area contributed by atoms with E-state index in [-0.39, 0.29) is 24.0 Å². The van der Waals surface area contributed by atoms with E-state index in [4.69, 9.17) is 4.99 Å². The predicted molar refractivity (Wildman–Crippen MR) is 145 cm³/mol. The Morgan fingerprint density at radius 1 is 1.03 bits per heavy atom. The molecule has 1 aromatic carbocycles. The number of nitrogens with one attached hydrogen (secondary N) is 2. The molecule has 4 rings (SSSR count). The van der Waals surface area contributed by atoms with Crippen LogP contribution in [0.5, 0.6) is 0 Å². The van der Waals surface area contributed by atoms with Crippen molar-refractivity contribution < 1.29 is 0 Å². The van der Waals surface area contributed by atoms with E-state index in [2.05, 4.69) is 64.0 Å². The molecular formula is C25H36IN7. The summed E-state index contributed by atoms with van der Waals surface area (Å²) in [5, 5.41) is 15.3. The summed E-state index contributed by atoms with van der Waals surface area (Å²) < 4.78 is 1.99. The van der Waals surface area contributed by atoms with Crippen molar-refractivity contribution >= 4 is 35.6 Å². The van der Waals surface area contributed by atoms with E-state index in [1.54, 1.807) is 0 Å². The van der Waals surface area contributed by atoms with Crippen LogP contribution >= 0.6 is 24.0 Å². The standard InChI is InChI=1S/C25H35N7.HI/c1-3-26-25(28-18-24-30-29-23-15-9-10-16-32(23)24)27-17-20-11-7-8-12-21(20)19-31(2)22-13-5-4-6-14-22;/h7-12,15-16,22H,3-6,13-14,17-19H2,1-2H3,(H2,26,27,28);1H. The SMILES string of the molecule is CCNC(=NCc1ccccc1CN(C)C1CCCCC1)NCc1nnc2ccccn12.I. The van der Waals surface area contributed by atoms with Gasteiger partial charge >= 0.3 is 0 Å². The van der Waals surface area contributed by atoms with Crippen molar-refractivity contribution in [3.8, 4) is 0 Å². The average Bonchev–Trinajstić information content (AvgIpc) is 3.25. The van der Waals surface area contributed by atoms with Crippen LogP contribution in [0.4, 0.5) is 0 Å². The molecule has 0 saturated heterocycles. The van der Waals surface area contributed by atoms with Crippen molar-refractivity contribution in [3.05, 3.63) is 65.6 Å². The summed E-state index contributed by atoms with van der Waals surface area (Å²) >= 11 is 0. The van der Waals surface area contributed by atoms with Crippen molar-refractivity contribution in [1.29, 1.82) is 0 Å². The summed E-state index contributed by atoms with van der Waals surface area (Å²) in [7, 11) is 2.27. The molecule has 178 valence electrons. The number of benzene rings is 1. The van der Waals surface area contributed by atoms with Gasteiger partial charge in [0, 0.05) is 25.3 Å². The second-order valence-corrected chi connectivity index (χ2v) is 8.57. The lowest BCUT2D eigenvalue weighted by Gasteiger charge is -2.31. The Morgan fingerprint density at radius 2 is 1.79 bits per heavy atom. The van der Waals surface area contributed by atoms with Gasteiger partial charge in [-0.15, -0.1) is 34.2 Å². The molecule has 3 aromatic rings. The Labute approximate surface area is 214 Å². The van der Waals surface area contributed by atoms with E-state index < -0.39 is 0 Å². The highest BCUT2D eigenvalue weighted by Gasteiger charge is 2.18. The van der Waals surface area contributed by atoms with Crippen molar-refractivity contribution in [2.24, 2.45) is 4.99 Å². The number of halogens is 1. The minimum absolute atomic E-state index is 0. The normalized spacial score (nSPS) is 14.9. The van der Waals surface area contributed by atoms with Crippen LogP contribution in [0, 0.1) is 0 Å². The number of aromatic nitrogens is 3. The van der Waals surface area contributed by atoms with Gasteiger partial charge < -0.3 is 10.6 Å². The molecule has 2 heterocycles. The maximum atomic E-state index is 4.86. The fourth-order valence-electron chi connectivity index (χ4n) is 4.47. The van der Waals surface area contributed by atoms with E-state index in [9.17, 15) is 0 Å². The van der Waals surface area contributed by atoms with Gasteiger partial charge in [-0.25, -0.2) is 4.99 Å². The molecule has 2 N–H and O–H groups in total. The van der Waals surface area contributed by atoms with Gasteiger partial charge in [-0.3, -0.25) is 9.30 Å². The van der Waals surface area contributed by atoms with Crippen LogP contribution < -0.4 is 10.6 Å². The fraction of sp³-hybridized carbons (Fsp3) is 0.480. The van der Waals surface area contributed by atoms with Gasteiger partial charge in [0.05, 0.1) is 13.1 Å². The van der Waals surface area contributed by atoms with Crippen LogP contribution in [-0.2, 0) is 19.6 Å². The maximum absolute atomic E-state index is 4.86. The molecule has 33 heavy (non-hydrogen) atoms. The Morgan fingerprint density at radius 3 is 2.58 bits per heavy atom. The topological polar surface area (TPSA) is 69.8 Å². The molecular weight excluding hydrogens is 525 g/mol. The zero-order chi connectivity index (χ0) is 22.2. The Balaban J connectivity index is 0.00000306. The molecule has 7 nitrogen and oxygen atoms in total. The van der Waals surface area contributed by atoms with Crippen LogP contribution in [0.3, 0.4) is 0 Å². The number of fused-ring (bicyclic) bond motifs is 1. The summed E-state index contributed by atoms with van der Waals surface area (Å²) in [6.45, 7) is 5.06. The molecule has 1 aliphatic carbocycles. The average molecular weight is 562 g/mol. The summed E-state index contributed by atoms with van der Waals surface area (Å²) in [4.78, 5) is 7.39. The van der Waals surface area contributed by atoms with Gasteiger partial charge in [0.15, 0.2) is 17.4 Å². The third kappa shape index (κ3) is 6.89. The molecule has 0 bridgehead atoms. The zero-order valence-corrected chi connectivity index (χ0v) is 22.0. The Bertz CT molecular complexity index is 1030. The molecule has 8 heteroatoms. The monoisotopic (exact) mass is 561 g/mol.